The van der Waals surface area contributed by atoms with Gasteiger partial charge in [-0.2, -0.15) is 4.99 Å². The minimum absolute atomic E-state index is 0.0374. The van der Waals surface area contributed by atoms with Gasteiger partial charge < -0.3 is 9.30 Å². The number of thiazole rings is 1. The minimum atomic E-state index is -3.93. The van der Waals surface area contributed by atoms with Crippen LogP contribution in [-0.2, 0) is 26.1 Å². The van der Waals surface area contributed by atoms with Crippen LogP contribution in [0.1, 0.15) is 17.3 Å². The van der Waals surface area contributed by atoms with E-state index in [1.807, 2.05) is 0 Å². The van der Waals surface area contributed by atoms with Crippen LogP contribution in [0.3, 0.4) is 0 Å². The monoisotopic (exact) mass is 437 g/mol. The number of aromatic nitrogens is 1. The first kappa shape index (κ1) is 20.8. The number of primary sulfonamides is 1. The van der Waals surface area contributed by atoms with Crippen molar-refractivity contribution in [2.45, 2.75) is 18.4 Å². The number of nitrogens with two attached hydrogens (primary N) is 1. The largest absolute Gasteiger partial charge is 0.465 e. The number of sulfonamides is 1. The van der Waals surface area contributed by atoms with Crippen LogP contribution in [0.15, 0.2) is 52.4 Å². The molecule has 0 spiro atoms. The highest BCUT2D eigenvalue weighted by Crippen LogP contribution is 2.21. The molecule has 1 aromatic heterocycles. The smallest absolute Gasteiger partial charge is 0.326 e. The van der Waals surface area contributed by atoms with E-state index in [4.69, 9.17) is 9.88 Å². The first-order valence-electron chi connectivity index (χ1n) is 8.35. The van der Waals surface area contributed by atoms with Crippen LogP contribution in [0.25, 0.3) is 10.2 Å². The average Bonchev–Trinajstić information content (AvgIpc) is 2.97. The van der Waals surface area contributed by atoms with Crippen molar-refractivity contribution in [3.63, 3.8) is 0 Å². The van der Waals surface area contributed by atoms with E-state index in [-0.39, 0.29) is 28.4 Å². The van der Waals surface area contributed by atoms with E-state index in [1.165, 1.54) is 41.0 Å². The molecule has 29 heavy (non-hydrogen) atoms. The van der Waals surface area contributed by atoms with E-state index >= 15 is 0 Å². The van der Waals surface area contributed by atoms with Crippen molar-refractivity contribution < 1.29 is 27.1 Å². The molecule has 0 bridgehead atoms. The van der Waals surface area contributed by atoms with Gasteiger partial charge in [-0.05, 0) is 43.3 Å². The molecule has 0 aliphatic carbocycles. The van der Waals surface area contributed by atoms with E-state index in [9.17, 15) is 22.4 Å². The number of carbonyl (C=O) groups excluding carboxylic acids is 2. The summed E-state index contributed by atoms with van der Waals surface area (Å²) in [4.78, 5) is 28.5. The Hall–Kier alpha value is -2.89. The van der Waals surface area contributed by atoms with Crippen molar-refractivity contribution in [1.82, 2.24) is 4.57 Å². The van der Waals surface area contributed by atoms with Gasteiger partial charge in [0.15, 0.2) is 4.80 Å². The molecule has 2 aromatic carbocycles. The molecular formula is C18H16FN3O5S2. The molecule has 152 valence electrons. The van der Waals surface area contributed by atoms with Gasteiger partial charge in [0, 0.05) is 5.56 Å². The highest BCUT2D eigenvalue weighted by Gasteiger charge is 2.16. The summed E-state index contributed by atoms with van der Waals surface area (Å²) in [5.74, 6) is -1.85. The number of ether oxygens (including phenoxy) is 1. The maximum Gasteiger partial charge on any atom is 0.326 e. The van der Waals surface area contributed by atoms with Crippen LogP contribution in [0.2, 0.25) is 0 Å². The van der Waals surface area contributed by atoms with Gasteiger partial charge in [0.25, 0.3) is 5.91 Å². The lowest BCUT2D eigenvalue weighted by atomic mass is 10.2. The van der Waals surface area contributed by atoms with E-state index < -0.39 is 27.7 Å². The fourth-order valence-electron chi connectivity index (χ4n) is 2.58. The zero-order valence-electron chi connectivity index (χ0n) is 15.2. The molecule has 0 saturated carbocycles. The second-order valence-corrected chi connectivity index (χ2v) is 8.45. The molecule has 3 aromatic rings. The predicted octanol–water partition coefficient (Wildman–Crippen LogP) is 1.79. The van der Waals surface area contributed by atoms with E-state index in [2.05, 4.69) is 4.99 Å². The van der Waals surface area contributed by atoms with Crippen LogP contribution in [0.5, 0.6) is 0 Å². The van der Waals surface area contributed by atoms with Crippen molar-refractivity contribution in [2.24, 2.45) is 10.1 Å². The Kier molecular flexibility index (Phi) is 5.91. The van der Waals surface area contributed by atoms with Gasteiger partial charge in [0.1, 0.15) is 12.4 Å². The fraction of sp³-hybridized carbons (Fsp3) is 0.167. The lowest BCUT2D eigenvalue weighted by Gasteiger charge is -2.05. The summed E-state index contributed by atoms with van der Waals surface area (Å²) in [7, 11) is -3.93. The van der Waals surface area contributed by atoms with Crippen LogP contribution in [0.4, 0.5) is 4.39 Å². The summed E-state index contributed by atoms with van der Waals surface area (Å²) in [6.07, 6.45) is 0. The summed E-state index contributed by atoms with van der Waals surface area (Å²) in [6.45, 7) is 1.59. The SMILES string of the molecule is CCOC(=O)Cn1c(=NC(=O)c2cccc(F)c2)sc2cc(S(N)(=O)=O)ccc21. The summed E-state index contributed by atoms with van der Waals surface area (Å²) in [6, 6.07) is 9.15. The number of rotatable bonds is 5. The molecule has 3 rings (SSSR count). The second-order valence-electron chi connectivity index (χ2n) is 5.88. The number of benzene rings is 2. The standard InChI is InChI=1S/C18H16FN3O5S2/c1-2-27-16(23)10-22-14-7-6-13(29(20,25)26)9-15(14)28-18(22)21-17(24)11-4-3-5-12(19)8-11/h3-9H,2,10H2,1H3,(H2,20,25,26). The average molecular weight is 437 g/mol. The van der Waals surface area contributed by atoms with Crippen LogP contribution in [0, 0.1) is 5.82 Å². The van der Waals surface area contributed by atoms with Crippen LogP contribution >= 0.6 is 11.3 Å². The zero-order valence-corrected chi connectivity index (χ0v) is 16.8. The third-order valence-electron chi connectivity index (χ3n) is 3.84. The summed E-state index contributed by atoms with van der Waals surface area (Å²) < 4.78 is 43.5. The molecule has 1 amide bonds. The first-order valence-corrected chi connectivity index (χ1v) is 10.7. The Morgan fingerprint density at radius 3 is 2.66 bits per heavy atom. The summed E-state index contributed by atoms with van der Waals surface area (Å²) in [5.41, 5.74) is 0.511. The second kappa shape index (κ2) is 8.23. The topological polar surface area (TPSA) is 121 Å². The van der Waals surface area contributed by atoms with Crippen molar-refractivity contribution in [3.05, 3.63) is 58.6 Å². The highest BCUT2D eigenvalue weighted by atomic mass is 32.2. The molecule has 0 fully saturated rings. The number of carbonyl (C=O) groups is 2. The van der Waals surface area contributed by atoms with E-state index in [0.717, 1.165) is 17.4 Å². The minimum Gasteiger partial charge on any atom is -0.465 e. The Morgan fingerprint density at radius 2 is 2.00 bits per heavy atom. The van der Waals surface area contributed by atoms with Gasteiger partial charge in [-0.1, -0.05) is 17.4 Å². The third kappa shape index (κ3) is 4.75. The van der Waals surface area contributed by atoms with Crippen molar-refractivity contribution >= 4 is 43.5 Å². The van der Waals surface area contributed by atoms with Gasteiger partial charge in [-0.15, -0.1) is 0 Å². The van der Waals surface area contributed by atoms with E-state index in [1.54, 1.807) is 6.92 Å². The maximum atomic E-state index is 13.4. The predicted molar refractivity (Wildman–Crippen MR) is 104 cm³/mol. The highest BCUT2D eigenvalue weighted by molar-refractivity contribution is 7.89. The Morgan fingerprint density at radius 1 is 1.24 bits per heavy atom. The van der Waals surface area contributed by atoms with Crippen molar-refractivity contribution in [3.8, 4) is 0 Å². The van der Waals surface area contributed by atoms with Gasteiger partial charge in [0.05, 0.1) is 21.7 Å². The Bertz CT molecular complexity index is 1280. The normalized spacial score (nSPS) is 12.3. The number of hydrogen-bond acceptors (Lipinski definition) is 6. The number of hydrogen-bond donors (Lipinski definition) is 1. The van der Waals surface area contributed by atoms with Gasteiger partial charge >= 0.3 is 5.97 Å². The van der Waals surface area contributed by atoms with Crippen LogP contribution < -0.4 is 9.94 Å². The zero-order chi connectivity index (χ0) is 21.2. The first-order chi connectivity index (χ1) is 13.7. The number of halogens is 1. The number of esters is 1. The molecule has 0 aliphatic heterocycles. The number of amides is 1. The molecule has 0 unspecified atom stereocenters. The van der Waals surface area contributed by atoms with Gasteiger partial charge in [-0.3, -0.25) is 9.59 Å². The van der Waals surface area contributed by atoms with Gasteiger partial charge in [0.2, 0.25) is 10.0 Å². The fourth-order valence-corrected chi connectivity index (χ4v) is 4.26. The molecular weight excluding hydrogens is 421 g/mol. The molecule has 8 nitrogen and oxygen atoms in total. The van der Waals surface area contributed by atoms with Crippen molar-refractivity contribution in [1.29, 1.82) is 0 Å². The Balaban J connectivity index is 2.17. The van der Waals surface area contributed by atoms with Crippen molar-refractivity contribution in [2.75, 3.05) is 6.61 Å². The lowest BCUT2D eigenvalue weighted by molar-refractivity contribution is -0.143. The molecule has 1 heterocycles. The third-order valence-corrected chi connectivity index (χ3v) is 5.80. The maximum absolute atomic E-state index is 13.4. The number of fused-ring (bicyclic) bond motifs is 1. The molecule has 11 heteroatoms. The quantitative estimate of drug-likeness (QED) is 0.610. The Labute approximate surface area is 169 Å². The summed E-state index contributed by atoms with van der Waals surface area (Å²) >= 11 is 0.995. The van der Waals surface area contributed by atoms with Crippen LogP contribution in [-0.4, -0.2) is 31.5 Å². The summed E-state index contributed by atoms with van der Waals surface area (Å²) in [5, 5.41) is 5.17. The number of nitrogens with zero attached hydrogens (tertiary/aromatic N) is 2. The lowest BCUT2D eigenvalue weighted by Crippen LogP contribution is -2.23. The molecule has 0 radical (unpaired) electrons. The molecule has 0 atom stereocenters. The molecule has 0 saturated heterocycles. The van der Waals surface area contributed by atoms with E-state index in [0.29, 0.717) is 10.2 Å². The van der Waals surface area contributed by atoms with Gasteiger partial charge in [-0.25, -0.2) is 17.9 Å². The molecule has 0 aliphatic rings. The molecule has 2 N–H and O–H groups in total.